The van der Waals surface area contributed by atoms with Gasteiger partial charge in [0.2, 0.25) is 0 Å². The zero-order chi connectivity index (χ0) is 14.4. The third-order valence-corrected chi connectivity index (χ3v) is 6.12. The van der Waals surface area contributed by atoms with E-state index in [2.05, 4.69) is 0 Å². The number of carbonyl (C=O) groups is 1. The Balaban J connectivity index is 2.23. The molecule has 1 aromatic rings. The molecule has 1 aliphatic rings. The highest BCUT2D eigenvalue weighted by molar-refractivity contribution is 7.92. The van der Waals surface area contributed by atoms with Crippen molar-refractivity contribution >= 4 is 15.6 Å². The number of hydrogen-bond donors (Lipinski definition) is 0. The van der Waals surface area contributed by atoms with Gasteiger partial charge in [-0.05, 0) is 25.0 Å². The monoisotopic (exact) mass is 294 g/mol. The summed E-state index contributed by atoms with van der Waals surface area (Å²) in [5.41, 5.74) is 0. The van der Waals surface area contributed by atoms with Gasteiger partial charge in [-0.2, -0.15) is 0 Å². The molecule has 1 aromatic carbocycles. The van der Waals surface area contributed by atoms with Crippen LogP contribution in [0.2, 0.25) is 0 Å². The molecule has 0 saturated heterocycles. The summed E-state index contributed by atoms with van der Waals surface area (Å²) in [5, 5.41) is -0.844. The van der Waals surface area contributed by atoms with Gasteiger partial charge in [0.15, 0.2) is 15.6 Å². The predicted molar refractivity (Wildman–Crippen MR) is 79.4 cm³/mol. The van der Waals surface area contributed by atoms with E-state index in [0.29, 0.717) is 12.8 Å². The minimum absolute atomic E-state index is 0.101. The lowest BCUT2D eigenvalue weighted by Crippen LogP contribution is -2.30. The number of sulfone groups is 1. The van der Waals surface area contributed by atoms with Gasteiger partial charge in [-0.25, -0.2) is 8.42 Å². The minimum Gasteiger partial charge on any atom is -0.298 e. The van der Waals surface area contributed by atoms with Crippen LogP contribution in [0.4, 0.5) is 0 Å². The van der Waals surface area contributed by atoms with E-state index in [0.717, 1.165) is 38.5 Å². The molecule has 0 heterocycles. The first-order valence-corrected chi connectivity index (χ1v) is 8.98. The summed E-state index contributed by atoms with van der Waals surface area (Å²) in [6.07, 6.45) is 6.86. The zero-order valence-electron chi connectivity index (χ0n) is 11.8. The number of rotatable bonds is 2. The first-order valence-electron chi connectivity index (χ1n) is 7.44. The van der Waals surface area contributed by atoms with Crippen molar-refractivity contribution in [1.82, 2.24) is 0 Å². The Labute approximate surface area is 121 Å². The molecule has 1 atom stereocenters. The third kappa shape index (κ3) is 3.69. The fourth-order valence-corrected chi connectivity index (χ4v) is 4.57. The van der Waals surface area contributed by atoms with E-state index >= 15 is 0 Å². The van der Waals surface area contributed by atoms with Gasteiger partial charge >= 0.3 is 0 Å². The van der Waals surface area contributed by atoms with Crippen LogP contribution in [-0.4, -0.2) is 19.5 Å². The molecule has 0 N–H and O–H groups in total. The summed E-state index contributed by atoms with van der Waals surface area (Å²) in [6, 6.07) is 8.37. The van der Waals surface area contributed by atoms with Gasteiger partial charge in [0.25, 0.3) is 0 Å². The van der Waals surface area contributed by atoms with Crippen LogP contribution in [0.25, 0.3) is 0 Å². The van der Waals surface area contributed by atoms with Crippen LogP contribution >= 0.6 is 0 Å². The second kappa shape index (κ2) is 7.02. The lowest BCUT2D eigenvalue weighted by Gasteiger charge is -2.18. The minimum atomic E-state index is -3.53. The van der Waals surface area contributed by atoms with Crippen molar-refractivity contribution in [3.8, 4) is 0 Å². The molecule has 110 valence electrons. The molecule has 4 heteroatoms. The average molecular weight is 294 g/mol. The van der Waals surface area contributed by atoms with Crippen LogP contribution < -0.4 is 0 Å². The molecule has 0 spiro atoms. The molecule has 3 nitrogen and oxygen atoms in total. The molecule has 0 aliphatic heterocycles. The highest BCUT2D eigenvalue weighted by Crippen LogP contribution is 2.24. The van der Waals surface area contributed by atoms with Crippen molar-refractivity contribution in [2.24, 2.45) is 0 Å². The maximum atomic E-state index is 12.6. The summed E-state index contributed by atoms with van der Waals surface area (Å²) in [5.74, 6) is -0.101. The smallest absolute Gasteiger partial charge is 0.188 e. The summed E-state index contributed by atoms with van der Waals surface area (Å²) in [7, 11) is -3.53. The maximum absolute atomic E-state index is 12.6. The molecule has 0 radical (unpaired) electrons. The van der Waals surface area contributed by atoms with Gasteiger partial charge in [-0.3, -0.25) is 4.79 Å². The Morgan fingerprint density at radius 2 is 1.45 bits per heavy atom. The highest BCUT2D eigenvalue weighted by atomic mass is 32.2. The molecular formula is C16H22O3S. The molecule has 20 heavy (non-hydrogen) atoms. The Kier molecular flexibility index (Phi) is 5.35. The van der Waals surface area contributed by atoms with Crippen LogP contribution in [0.15, 0.2) is 35.2 Å². The average Bonchev–Trinajstić information content (AvgIpc) is 2.46. The van der Waals surface area contributed by atoms with E-state index in [1.54, 1.807) is 30.3 Å². The van der Waals surface area contributed by atoms with Gasteiger partial charge in [-0.1, -0.05) is 50.3 Å². The molecule has 2 rings (SSSR count). The molecule has 0 aromatic heterocycles. The van der Waals surface area contributed by atoms with Crippen molar-refractivity contribution in [2.45, 2.75) is 61.5 Å². The van der Waals surface area contributed by atoms with E-state index in [1.165, 1.54) is 0 Å². The number of ketones is 1. The molecule has 0 amide bonds. The van der Waals surface area contributed by atoms with Crippen molar-refractivity contribution in [3.05, 3.63) is 30.3 Å². The van der Waals surface area contributed by atoms with Gasteiger partial charge in [0, 0.05) is 6.42 Å². The second-order valence-corrected chi connectivity index (χ2v) is 7.60. The van der Waals surface area contributed by atoms with E-state index in [-0.39, 0.29) is 10.7 Å². The molecule has 1 saturated carbocycles. The molecule has 1 unspecified atom stereocenters. The normalized spacial score (nSPS) is 22.4. The first kappa shape index (κ1) is 15.2. The molecule has 0 bridgehead atoms. The van der Waals surface area contributed by atoms with Gasteiger partial charge in [0.05, 0.1) is 4.90 Å². The topological polar surface area (TPSA) is 51.2 Å². The predicted octanol–water partition coefficient (Wildman–Crippen LogP) is 3.53. The molecule has 1 fully saturated rings. The second-order valence-electron chi connectivity index (χ2n) is 5.47. The number of benzene rings is 1. The van der Waals surface area contributed by atoms with E-state index in [4.69, 9.17) is 0 Å². The van der Waals surface area contributed by atoms with E-state index < -0.39 is 15.1 Å². The quantitative estimate of drug-likeness (QED) is 0.838. The van der Waals surface area contributed by atoms with Crippen LogP contribution in [0.3, 0.4) is 0 Å². The fraction of sp³-hybridized carbons (Fsp3) is 0.562. The van der Waals surface area contributed by atoms with Crippen molar-refractivity contribution < 1.29 is 13.2 Å². The van der Waals surface area contributed by atoms with Crippen LogP contribution in [-0.2, 0) is 14.6 Å². The van der Waals surface area contributed by atoms with Gasteiger partial charge in [0.1, 0.15) is 5.25 Å². The maximum Gasteiger partial charge on any atom is 0.188 e. The van der Waals surface area contributed by atoms with E-state index in [9.17, 15) is 13.2 Å². The Morgan fingerprint density at radius 3 is 2.15 bits per heavy atom. The lowest BCUT2D eigenvalue weighted by molar-refractivity contribution is -0.119. The van der Waals surface area contributed by atoms with Crippen LogP contribution in [0.1, 0.15) is 51.4 Å². The summed E-state index contributed by atoms with van der Waals surface area (Å²) >= 11 is 0. The van der Waals surface area contributed by atoms with Gasteiger partial charge < -0.3 is 0 Å². The summed E-state index contributed by atoms with van der Waals surface area (Å²) < 4.78 is 25.3. The largest absolute Gasteiger partial charge is 0.298 e. The summed E-state index contributed by atoms with van der Waals surface area (Å²) in [6.45, 7) is 0. The van der Waals surface area contributed by atoms with Crippen molar-refractivity contribution in [2.75, 3.05) is 0 Å². The highest BCUT2D eigenvalue weighted by Gasteiger charge is 2.32. The van der Waals surface area contributed by atoms with Crippen LogP contribution in [0.5, 0.6) is 0 Å². The molecule has 1 aliphatic carbocycles. The SMILES string of the molecule is O=C1CCCCCCCCC1S(=O)(=O)c1ccccc1. The summed E-state index contributed by atoms with van der Waals surface area (Å²) in [4.78, 5) is 12.5. The fourth-order valence-electron chi connectivity index (χ4n) is 2.76. The number of carbonyl (C=O) groups excluding carboxylic acids is 1. The number of Topliss-reactive ketones (excluding diaryl/α,β-unsaturated/α-hetero) is 1. The molecular weight excluding hydrogens is 272 g/mol. The standard InChI is InChI=1S/C16H22O3S/c17-15-12-8-3-1-2-4-9-13-16(15)20(18,19)14-10-6-5-7-11-14/h5-7,10-11,16H,1-4,8-9,12-13H2. The van der Waals surface area contributed by atoms with Crippen LogP contribution in [0, 0.1) is 0 Å². The number of hydrogen-bond acceptors (Lipinski definition) is 3. The third-order valence-electron chi connectivity index (χ3n) is 3.94. The zero-order valence-corrected chi connectivity index (χ0v) is 12.6. The Bertz CT molecular complexity index is 534. The Hall–Kier alpha value is -1.16. The van der Waals surface area contributed by atoms with Crippen molar-refractivity contribution in [1.29, 1.82) is 0 Å². The Morgan fingerprint density at radius 1 is 0.850 bits per heavy atom. The first-order chi connectivity index (χ1) is 9.62. The van der Waals surface area contributed by atoms with E-state index in [1.807, 2.05) is 0 Å². The van der Waals surface area contributed by atoms with Crippen molar-refractivity contribution in [3.63, 3.8) is 0 Å². The van der Waals surface area contributed by atoms with Gasteiger partial charge in [-0.15, -0.1) is 0 Å². The lowest BCUT2D eigenvalue weighted by atomic mass is 10.00.